The average Bonchev–Trinajstić information content (AvgIpc) is 2.73. The molecule has 0 bridgehead atoms. The monoisotopic (exact) mass is 271 g/mol. The van der Waals surface area contributed by atoms with Crippen LogP contribution in [0.3, 0.4) is 0 Å². The number of nitro benzene ring substituents is 1. The molecule has 5 nitrogen and oxygen atoms in total. The maximum atomic E-state index is 13.4. The van der Waals surface area contributed by atoms with Gasteiger partial charge in [-0.15, -0.1) is 0 Å². The Morgan fingerprint density at radius 1 is 1.53 bits per heavy atom. The first-order chi connectivity index (χ1) is 8.93. The van der Waals surface area contributed by atoms with Gasteiger partial charge in [0.25, 0.3) is 0 Å². The third-order valence-electron chi connectivity index (χ3n) is 3.58. The maximum absolute atomic E-state index is 13.4. The van der Waals surface area contributed by atoms with Gasteiger partial charge in [0.15, 0.2) is 5.82 Å². The minimum absolute atomic E-state index is 0.164. The summed E-state index contributed by atoms with van der Waals surface area (Å²) in [6.07, 6.45) is 0.690. The number of benzene rings is 1. The molecule has 2 rings (SSSR count). The van der Waals surface area contributed by atoms with E-state index in [0.29, 0.717) is 18.5 Å². The number of hydrogen-bond donors (Lipinski definition) is 1. The molecule has 1 aromatic carbocycles. The number of halogens is 2. The lowest BCUT2D eigenvalue weighted by Crippen LogP contribution is -2.20. The van der Waals surface area contributed by atoms with Gasteiger partial charge in [0.1, 0.15) is 0 Å². The first-order valence-electron chi connectivity index (χ1n) is 5.97. The Kier molecular flexibility index (Phi) is 3.77. The fourth-order valence-corrected chi connectivity index (χ4v) is 2.59. The molecule has 0 spiro atoms. The highest BCUT2D eigenvalue weighted by Gasteiger charge is 2.32. The lowest BCUT2D eigenvalue weighted by atomic mass is 9.99. The molecule has 0 aliphatic carbocycles. The summed E-state index contributed by atoms with van der Waals surface area (Å²) in [5.41, 5.74) is 5.20. The number of hydrogen-bond acceptors (Lipinski definition) is 4. The molecule has 2 atom stereocenters. The van der Waals surface area contributed by atoms with E-state index in [1.54, 1.807) is 0 Å². The van der Waals surface area contributed by atoms with Crippen LogP contribution in [0.5, 0.6) is 0 Å². The molecule has 19 heavy (non-hydrogen) atoms. The largest absolute Gasteiger partial charge is 0.330 e. The number of nitro groups is 1. The maximum Gasteiger partial charge on any atom is 0.308 e. The van der Waals surface area contributed by atoms with Crippen molar-refractivity contribution in [2.75, 3.05) is 20.1 Å². The summed E-state index contributed by atoms with van der Waals surface area (Å²) in [6.45, 7) is 1.25. The number of nitrogens with zero attached hydrogens (tertiary/aromatic N) is 2. The smallest absolute Gasteiger partial charge is 0.308 e. The van der Waals surface area contributed by atoms with Crippen LogP contribution in [-0.4, -0.2) is 30.0 Å². The van der Waals surface area contributed by atoms with Crippen LogP contribution in [0.4, 0.5) is 14.5 Å². The Morgan fingerprint density at radius 3 is 2.74 bits per heavy atom. The average molecular weight is 271 g/mol. The summed E-state index contributed by atoms with van der Waals surface area (Å²) in [7, 11) is 1.84. The lowest BCUT2D eigenvalue weighted by Gasteiger charge is -2.19. The van der Waals surface area contributed by atoms with Gasteiger partial charge in [0.05, 0.1) is 4.92 Å². The number of likely N-dealkylation sites (tertiary alicyclic amines) is 1. The molecule has 1 fully saturated rings. The van der Waals surface area contributed by atoms with Crippen molar-refractivity contribution in [3.8, 4) is 0 Å². The molecule has 1 aliphatic heterocycles. The van der Waals surface area contributed by atoms with E-state index in [2.05, 4.69) is 0 Å². The molecule has 1 aromatic rings. The molecule has 0 saturated carbocycles. The van der Waals surface area contributed by atoms with Crippen molar-refractivity contribution in [2.24, 2.45) is 11.7 Å². The minimum atomic E-state index is -1.41. The Balaban J connectivity index is 2.38. The Labute approximate surface area is 109 Å². The molecular weight excluding hydrogens is 256 g/mol. The van der Waals surface area contributed by atoms with Gasteiger partial charge in [-0.25, -0.2) is 4.39 Å². The van der Waals surface area contributed by atoms with E-state index in [1.807, 2.05) is 11.9 Å². The zero-order valence-corrected chi connectivity index (χ0v) is 10.5. The molecular formula is C12H15F2N3O2. The van der Waals surface area contributed by atoms with Crippen molar-refractivity contribution in [1.82, 2.24) is 4.90 Å². The summed E-state index contributed by atoms with van der Waals surface area (Å²) in [5, 5.41) is 10.7. The number of nitrogens with two attached hydrogens (primary N) is 1. The van der Waals surface area contributed by atoms with E-state index in [9.17, 15) is 18.9 Å². The predicted octanol–water partition coefficient (Wildman–Crippen LogP) is 1.82. The quantitative estimate of drug-likeness (QED) is 0.672. The van der Waals surface area contributed by atoms with Crippen LogP contribution in [0, 0.1) is 27.7 Å². The highest BCUT2D eigenvalue weighted by molar-refractivity contribution is 5.38. The third-order valence-corrected chi connectivity index (χ3v) is 3.58. The summed E-state index contributed by atoms with van der Waals surface area (Å²) < 4.78 is 26.7. The Bertz CT molecular complexity index is 510. The SMILES string of the molecule is CN1CC(CN)CC1c1cc(F)c(F)c([N+](=O)[O-])c1. The molecule has 104 valence electrons. The van der Waals surface area contributed by atoms with Crippen LogP contribution in [0.2, 0.25) is 0 Å². The molecule has 1 aliphatic rings. The fraction of sp³-hybridized carbons (Fsp3) is 0.500. The molecule has 1 saturated heterocycles. The second kappa shape index (κ2) is 5.18. The fourth-order valence-electron chi connectivity index (χ4n) is 2.59. The molecule has 0 radical (unpaired) electrons. The molecule has 0 amide bonds. The Hall–Kier alpha value is -1.60. The van der Waals surface area contributed by atoms with Crippen LogP contribution < -0.4 is 5.73 Å². The van der Waals surface area contributed by atoms with Gasteiger partial charge in [-0.2, -0.15) is 4.39 Å². The minimum Gasteiger partial charge on any atom is -0.330 e. The van der Waals surface area contributed by atoms with E-state index in [0.717, 1.165) is 18.7 Å². The molecule has 0 aromatic heterocycles. The predicted molar refractivity (Wildman–Crippen MR) is 65.5 cm³/mol. The van der Waals surface area contributed by atoms with Gasteiger partial charge in [0.2, 0.25) is 5.82 Å². The molecule has 2 N–H and O–H groups in total. The summed E-state index contributed by atoms with van der Waals surface area (Å²) >= 11 is 0. The first kappa shape index (κ1) is 13.8. The van der Waals surface area contributed by atoms with Gasteiger partial charge < -0.3 is 5.73 Å². The van der Waals surface area contributed by atoms with Gasteiger partial charge >= 0.3 is 5.69 Å². The van der Waals surface area contributed by atoms with Crippen LogP contribution >= 0.6 is 0 Å². The normalized spacial score (nSPS) is 23.8. The lowest BCUT2D eigenvalue weighted by molar-refractivity contribution is -0.387. The van der Waals surface area contributed by atoms with Gasteiger partial charge in [-0.3, -0.25) is 15.0 Å². The van der Waals surface area contributed by atoms with Crippen molar-refractivity contribution in [3.05, 3.63) is 39.4 Å². The van der Waals surface area contributed by atoms with E-state index in [1.165, 1.54) is 0 Å². The molecule has 1 heterocycles. The highest BCUT2D eigenvalue weighted by atomic mass is 19.2. The van der Waals surface area contributed by atoms with Crippen LogP contribution in [-0.2, 0) is 0 Å². The van der Waals surface area contributed by atoms with Crippen molar-refractivity contribution in [2.45, 2.75) is 12.5 Å². The van der Waals surface area contributed by atoms with Gasteiger partial charge in [-0.1, -0.05) is 0 Å². The Morgan fingerprint density at radius 2 is 2.21 bits per heavy atom. The summed E-state index contributed by atoms with van der Waals surface area (Å²) in [4.78, 5) is 11.8. The summed E-state index contributed by atoms with van der Waals surface area (Å²) in [6, 6.07) is 1.98. The molecule has 7 heteroatoms. The van der Waals surface area contributed by atoms with Crippen molar-refractivity contribution >= 4 is 5.69 Å². The van der Waals surface area contributed by atoms with Crippen LogP contribution in [0.25, 0.3) is 0 Å². The van der Waals surface area contributed by atoms with Crippen molar-refractivity contribution < 1.29 is 13.7 Å². The number of rotatable bonds is 3. The van der Waals surface area contributed by atoms with Gasteiger partial charge in [0, 0.05) is 18.7 Å². The van der Waals surface area contributed by atoms with E-state index >= 15 is 0 Å². The summed E-state index contributed by atoms with van der Waals surface area (Å²) in [5.74, 6) is -2.33. The van der Waals surface area contributed by atoms with E-state index in [4.69, 9.17) is 5.73 Å². The van der Waals surface area contributed by atoms with Crippen LogP contribution in [0.15, 0.2) is 12.1 Å². The van der Waals surface area contributed by atoms with Crippen molar-refractivity contribution in [1.29, 1.82) is 0 Å². The van der Waals surface area contributed by atoms with E-state index in [-0.39, 0.29) is 12.0 Å². The second-order valence-electron chi connectivity index (χ2n) is 4.89. The molecule has 2 unspecified atom stereocenters. The third kappa shape index (κ3) is 2.57. The van der Waals surface area contributed by atoms with Crippen molar-refractivity contribution in [3.63, 3.8) is 0 Å². The first-order valence-corrected chi connectivity index (χ1v) is 5.97. The second-order valence-corrected chi connectivity index (χ2v) is 4.89. The van der Waals surface area contributed by atoms with E-state index < -0.39 is 22.2 Å². The van der Waals surface area contributed by atoms with Crippen LogP contribution in [0.1, 0.15) is 18.0 Å². The van der Waals surface area contributed by atoms with Gasteiger partial charge in [-0.05, 0) is 37.6 Å². The zero-order chi connectivity index (χ0) is 14.2. The standard InChI is InChI=1S/C12H15F2N3O2/c1-16-6-7(5-15)2-10(16)8-3-9(13)12(14)11(4-8)17(18)19/h3-4,7,10H,2,5-6,15H2,1H3. The highest BCUT2D eigenvalue weighted by Crippen LogP contribution is 2.36. The zero-order valence-electron chi connectivity index (χ0n) is 10.5. The topological polar surface area (TPSA) is 72.4 Å².